The molecule has 0 radical (unpaired) electrons. The highest BCUT2D eigenvalue weighted by atomic mass is 32.1. The molecule has 23 heavy (non-hydrogen) atoms. The van der Waals surface area contributed by atoms with Gasteiger partial charge in [0, 0.05) is 25.8 Å². The molecule has 1 N–H and O–H groups in total. The monoisotopic (exact) mass is 335 g/mol. The number of hydrogen-bond donors (Lipinski definition) is 1. The summed E-state index contributed by atoms with van der Waals surface area (Å²) in [6.45, 7) is 7.00. The third kappa shape index (κ3) is 3.37. The second-order valence-electron chi connectivity index (χ2n) is 5.47. The van der Waals surface area contributed by atoms with Crippen molar-refractivity contribution in [2.24, 2.45) is 0 Å². The van der Waals surface area contributed by atoms with Crippen molar-refractivity contribution in [3.05, 3.63) is 46.9 Å². The molecule has 4 nitrogen and oxygen atoms in total. The molecule has 0 saturated carbocycles. The Labute approximate surface area is 142 Å². The third-order valence-corrected chi connectivity index (χ3v) is 4.61. The topological polar surface area (TPSA) is 35.6 Å². The minimum Gasteiger partial charge on any atom is -0.351 e. The number of amides is 1. The van der Waals surface area contributed by atoms with Gasteiger partial charge in [-0.2, -0.15) is 0 Å². The fraction of sp³-hybridized carbons (Fsp3) is 0.412. The van der Waals surface area contributed by atoms with Crippen molar-refractivity contribution in [3.8, 4) is 0 Å². The molecular formula is C17H22FN3OS. The van der Waals surface area contributed by atoms with Crippen LogP contribution in [0.5, 0.6) is 0 Å². The summed E-state index contributed by atoms with van der Waals surface area (Å²) in [6.07, 6.45) is 0. The Morgan fingerprint density at radius 2 is 2.04 bits per heavy atom. The summed E-state index contributed by atoms with van der Waals surface area (Å²) >= 11 is 5.34. The molecule has 0 saturated heterocycles. The largest absolute Gasteiger partial charge is 0.351 e. The second kappa shape index (κ2) is 7.08. The lowest BCUT2D eigenvalue weighted by Gasteiger charge is -2.37. The van der Waals surface area contributed by atoms with Crippen LogP contribution in [0, 0.1) is 5.82 Å². The molecule has 2 rings (SSSR count). The molecule has 1 unspecified atom stereocenters. The lowest BCUT2D eigenvalue weighted by molar-refractivity contribution is -0.127. The van der Waals surface area contributed by atoms with Gasteiger partial charge in [0.15, 0.2) is 5.11 Å². The molecule has 1 heterocycles. The van der Waals surface area contributed by atoms with Crippen molar-refractivity contribution in [2.45, 2.75) is 26.8 Å². The van der Waals surface area contributed by atoms with Crippen LogP contribution in [0.25, 0.3) is 0 Å². The number of allylic oxidation sites excluding steroid dienone is 1. The molecule has 1 aliphatic rings. The van der Waals surface area contributed by atoms with Gasteiger partial charge in [-0.25, -0.2) is 4.39 Å². The van der Waals surface area contributed by atoms with Crippen molar-refractivity contribution in [2.75, 3.05) is 20.1 Å². The average Bonchev–Trinajstić information content (AvgIpc) is 2.53. The van der Waals surface area contributed by atoms with E-state index in [1.54, 1.807) is 21.9 Å². The van der Waals surface area contributed by atoms with Crippen LogP contribution in [0.15, 0.2) is 35.5 Å². The summed E-state index contributed by atoms with van der Waals surface area (Å²) in [5.41, 5.74) is 2.09. The third-order valence-electron chi connectivity index (χ3n) is 4.22. The van der Waals surface area contributed by atoms with E-state index in [1.807, 2.05) is 27.8 Å². The summed E-state index contributed by atoms with van der Waals surface area (Å²) < 4.78 is 13.6. The summed E-state index contributed by atoms with van der Waals surface area (Å²) in [6, 6.07) is 5.83. The Kier molecular flexibility index (Phi) is 5.36. The summed E-state index contributed by atoms with van der Waals surface area (Å²) in [7, 11) is 1.82. The SMILES string of the molecule is CCN(CC)C(=O)C1=C(C)N(C)C(=S)NC1c1cccc(F)c1. The molecule has 1 aromatic rings. The van der Waals surface area contributed by atoms with E-state index >= 15 is 0 Å². The smallest absolute Gasteiger partial charge is 0.253 e. The number of hydrogen-bond acceptors (Lipinski definition) is 2. The van der Waals surface area contributed by atoms with Crippen LogP contribution in [-0.4, -0.2) is 41.0 Å². The van der Waals surface area contributed by atoms with E-state index in [1.165, 1.54) is 12.1 Å². The molecule has 0 spiro atoms. The van der Waals surface area contributed by atoms with Crippen molar-refractivity contribution >= 4 is 23.2 Å². The van der Waals surface area contributed by atoms with E-state index in [9.17, 15) is 9.18 Å². The van der Waals surface area contributed by atoms with E-state index < -0.39 is 6.04 Å². The number of halogens is 1. The van der Waals surface area contributed by atoms with Crippen LogP contribution in [0.1, 0.15) is 32.4 Å². The number of benzene rings is 1. The Morgan fingerprint density at radius 3 is 2.61 bits per heavy atom. The van der Waals surface area contributed by atoms with Gasteiger partial charge >= 0.3 is 0 Å². The van der Waals surface area contributed by atoms with Crippen LogP contribution in [-0.2, 0) is 4.79 Å². The molecule has 0 bridgehead atoms. The highest BCUT2D eigenvalue weighted by Crippen LogP contribution is 2.31. The Bertz CT molecular complexity index is 655. The molecule has 124 valence electrons. The van der Waals surface area contributed by atoms with E-state index in [4.69, 9.17) is 12.2 Å². The van der Waals surface area contributed by atoms with Crippen molar-refractivity contribution in [1.29, 1.82) is 0 Å². The van der Waals surface area contributed by atoms with E-state index in [0.717, 1.165) is 5.70 Å². The Morgan fingerprint density at radius 1 is 1.39 bits per heavy atom. The van der Waals surface area contributed by atoms with Crippen LogP contribution in [0.3, 0.4) is 0 Å². The first-order valence-electron chi connectivity index (χ1n) is 7.70. The van der Waals surface area contributed by atoms with Gasteiger partial charge in [-0.1, -0.05) is 12.1 Å². The number of rotatable bonds is 4. The molecule has 0 fully saturated rings. The molecule has 1 atom stereocenters. The average molecular weight is 335 g/mol. The minimum absolute atomic E-state index is 0.0522. The van der Waals surface area contributed by atoms with E-state index in [-0.39, 0.29) is 11.7 Å². The standard InChI is InChI=1S/C17H22FN3OS/c1-5-21(6-2)16(22)14-11(3)20(4)17(23)19-15(14)12-8-7-9-13(18)10-12/h7-10,15H,5-6H2,1-4H3,(H,19,23). The van der Waals surface area contributed by atoms with Gasteiger partial charge in [0.1, 0.15) is 5.82 Å². The Balaban J connectivity index is 2.54. The van der Waals surface area contributed by atoms with E-state index in [2.05, 4.69) is 5.32 Å². The molecular weight excluding hydrogens is 313 g/mol. The lowest BCUT2D eigenvalue weighted by atomic mass is 9.94. The van der Waals surface area contributed by atoms with Gasteiger partial charge in [-0.05, 0) is 50.7 Å². The first kappa shape index (κ1) is 17.4. The normalized spacial score (nSPS) is 18.0. The molecule has 0 aliphatic carbocycles. The lowest BCUT2D eigenvalue weighted by Crippen LogP contribution is -2.48. The van der Waals surface area contributed by atoms with Gasteiger partial charge in [0.05, 0.1) is 11.6 Å². The van der Waals surface area contributed by atoms with E-state index in [0.29, 0.717) is 29.3 Å². The first-order valence-corrected chi connectivity index (χ1v) is 8.11. The van der Waals surface area contributed by atoms with Crippen LogP contribution in [0.4, 0.5) is 4.39 Å². The van der Waals surface area contributed by atoms with Crippen LogP contribution >= 0.6 is 12.2 Å². The zero-order chi connectivity index (χ0) is 17.1. The number of likely N-dealkylation sites (N-methyl/N-ethyl adjacent to an activating group) is 1. The molecule has 0 aromatic heterocycles. The minimum atomic E-state index is -0.442. The molecule has 1 aliphatic heterocycles. The quantitative estimate of drug-likeness (QED) is 0.859. The zero-order valence-electron chi connectivity index (χ0n) is 13.9. The highest BCUT2D eigenvalue weighted by Gasteiger charge is 2.34. The van der Waals surface area contributed by atoms with Gasteiger partial charge in [0.2, 0.25) is 0 Å². The van der Waals surface area contributed by atoms with Gasteiger partial charge in [-0.3, -0.25) is 4.79 Å². The van der Waals surface area contributed by atoms with Crippen molar-refractivity contribution in [1.82, 2.24) is 15.1 Å². The Hall–Kier alpha value is -1.95. The maximum atomic E-state index is 13.6. The van der Waals surface area contributed by atoms with Gasteiger partial charge in [-0.15, -0.1) is 0 Å². The van der Waals surface area contributed by atoms with Crippen LogP contribution in [0.2, 0.25) is 0 Å². The highest BCUT2D eigenvalue weighted by molar-refractivity contribution is 7.80. The summed E-state index contributed by atoms with van der Waals surface area (Å²) in [4.78, 5) is 16.5. The fourth-order valence-electron chi connectivity index (χ4n) is 2.73. The number of carbonyl (C=O) groups excluding carboxylic acids is 1. The van der Waals surface area contributed by atoms with Gasteiger partial charge < -0.3 is 15.1 Å². The maximum Gasteiger partial charge on any atom is 0.253 e. The van der Waals surface area contributed by atoms with Gasteiger partial charge in [0.25, 0.3) is 5.91 Å². The van der Waals surface area contributed by atoms with Crippen molar-refractivity contribution < 1.29 is 9.18 Å². The number of nitrogens with zero attached hydrogens (tertiary/aromatic N) is 2. The zero-order valence-corrected chi connectivity index (χ0v) is 14.7. The predicted molar refractivity (Wildman–Crippen MR) is 93.3 cm³/mol. The number of thiocarbonyl (C=S) groups is 1. The van der Waals surface area contributed by atoms with Crippen molar-refractivity contribution in [3.63, 3.8) is 0 Å². The maximum absolute atomic E-state index is 13.6. The first-order chi connectivity index (χ1) is 10.9. The molecule has 1 aromatic carbocycles. The molecule has 6 heteroatoms. The summed E-state index contributed by atoms with van der Waals surface area (Å²) in [5.74, 6) is -0.384. The number of carbonyl (C=O) groups is 1. The predicted octanol–water partition coefficient (Wildman–Crippen LogP) is 2.83. The number of nitrogens with one attached hydrogen (secondary N) is 1. The van der Waals surface area contributed by atoms with Crippen LogP contribution < -0.4 is 5.32 Å². The molecule has 1 amide bonds. The second-order valence-corrected chi connectivity index (χ2v) is 5.86. The summed E-state index contributed by atoms with van der Waals surface area (Å²) in [5, 5.41) is 3.68. The fourth-order valence-corrected chi connectivity index (χ4v) is 2.98.